The second-order valence-electron chi connectivity index (χ2n) is 3.22. The van der Waals surface area contributed by atoms with Crippen molar-refractivity contribution in [2.24, 2.45) is 0 Å². The lowest BCUT2D eigenvalue weighted by atomic mass is 10.2. The fourth-order valence-electron chi connectivity index (χ4n) is 1.14. The number of hydrogen-bond donors (Lipinski definition) is 1. The lowest BCUT2D eigenvalue weighted by molar-refractivity contribution is -0.141. The number of rotatable bonds is 6. The molecule has 84 valence electrons. The van der Waals surface area contributed by atoms with Crippen molar-refractivity contribution in [1.82, 2.24) is 15.5 Å². The molecular formula is C9H15N3O3. The average molecular weight is 213 g/mol. The van der Waals surface area contributed by atoms with Crippen LogP contribution in [0.15, 0.2) is 10.9 Å². The second-order valence-corrected chi connectivity index (χ2v) is 3.22. The van der Waals surface area contributed by atoms with E-state index >= 15 is 0 Å². The first kappa shape index (κ1) is 11.6. The van der Waals surface area contributed by atoms with Gasteiger partial charge in [-0.25, -0.2) is 0 Å². The van der Waals surface area contributed by atoms with E-state index in [4.69, 9.17) is 4.52 Å². The van der Waals surface area contributed by atoms with Gasteiger partial charge in [-0.1, -0.05) is 5.16 Å². The topological polar surface area (TPSA) is 77.2 Å². The molecule has 0 bridgehead atoms. The minimum absolute atomic E-state index is 0.0837. The highest BCUT2D eigenvalue weighted by Crippen LogP contribution is 1.95. The minimum Gasteiger partial charge on any atom is -0.469 e. The molecule has 1 unspecified atom stereocenters. The first-order valence-electron chi connectivity index (χ1n) is 4.78. The smallest absolute Gasteiger partial charge is 0.307 e. The van der Waals surface area contributed by atoms with Crippen LogP contribution in [0.5, 0.6) is 0 Å². The predicted octanol–water partition coefficient (Wildman–Crippen LogP) is 0.153. The number of ether oxygens (including phenoxy) is 1. The van der Waals surface area contributed by atoms with Gasteiger partial charge in [-0.15, -0.1) is 0 Å². The molecule has 1 atom stereocenters. The van der Waals surface area contributed by atoms with Crippen LogP contribution in [0.3, 0.4) is 0 Å². The lowest BCUT2D eigenvalue weighted by Gasteiger charge is -2.10. The first-order chi connectivity index (χ1) is 7.22. The van der Waals surface area contributed by atoms with E-state index in [0.29, 0.717) is 25.3 Å². The van der Waals surface area contributed by atoms with Gasteiger partial charge in [0.1, 0.15) is 0 Å². The quantitative estimate of drug-likeness (QED) is 0.678. The molecule has 0 aliphatic heterocycles. The Kier molecular flexibility index (Phi) is 4.76. The number of nitrogens with one attached hydrogen (secondary N) is 1. The molecule has 0 fully saturated rings. The molecule has 1 aromatic rings. The third-order valence-corrected chi connectivity index (χ3v) is 1.94. The predicted molar refractivity (Wildman–Crippen MR) is 52.1 cm³/mol. The zero-order chi connectivity index (χ0) is 11.1. The van der Waals surface area contributed by atoms with E-state index in [1.807, 2.05) is 6.92 Å². The molecule has 0 radical (unpaired) electrons. The number of aromatic nitrogens is 2. The first-order valence-corrected chi connectivity index (χ1v) is 4.78. The SMILES string of the molecule is COC(=O)CC(C)NCCc1ncno1. The summed E-state index contributed by atoms with van der Waals surface area (Å²) in [6.07, 6.45) is 2.39. The molecule has 0 amide bonds. The molecule has 15 heavy (non-hydrogen) atoms. The number of methoxy groups -OCH3 is 1. The maximum Gasteiger partial charge on any atom is 0.307 e. The highest BCUT2D eigenvalue weighted by atomic mass is 16.5. The van der Waals surface area contributed by atoms with Crippen molar-refractivity contribution in [3.63, 3.8) is 0 Å². The standard InChI is InChI=1S/C9H15N3O3/c1-7(5-9(13)14-2)10-4-3-8-11-6-12-15-8/h6-7,10H,3-5H2,1-2H3. The van der Waals surface area contributed by atoms with Crippen LogP contribution in [-0.2, 0) is 16.0 Å². The highest BCUT2D eigenvalue weighted by molar-refractivity contribution is 5.69. The van der Waals surface area contributed by atoms with Gasteiger partial charge in [0.2, 0.25) is 5.89 Å². The fraction of sp³-hybridized carbons (Fsp3) is 0.667. The Bertz CT molecular complexity index is 287. The Balaban J connectivity index is 2.12. The second kappa shape index (κ2) is 6.13. The Morgan fingerprint density at radius 1 is 1.73 bits per heavy atom. The van der Waals surface area contributed by atoms with Crippen molar-refractivity contribution in [2.75, 3.05) is 13.7 Å². The largest absolute Gasteiger partial charge is 0.469 e. The van der Waals surface area contributed by atoms with Gasteiger partial charge in [-0.3, -0.25) is 4.79 Å². The summed E-state index contributed by atoms with van der Waals surface area (Å²) < 4.78 is 9.38. The summed E-state index contributed by atoms with van der Waals surface area (Å²) in [5, 5.41) is 6.65. The molecular weight excluding hydrogens is 198 g/mol. The summed E-state index contributed by atoms with van der Waals surface area (Å²) in [4.78, 5) is 14.8. The molecule has 6 heteroatoms. The number of hydrogen-bond acceptors (Lipinski definition) is 6. The summed E-state index contributed by atoms with van der Waals surface area (Å²) in [7, 11) is 1.38. The fourth-order valence-corrected chi connectivity index (χ4v) is 1.14. The monoisotopic (exact) mass is 213 g/mol. The summed E-state index contributed by atoms with van der Waals surface area (Å²) in [6, 6.07) is 0.0837. The molecule has 0 aliphatic carbocycles. The van der Waals surface area contributed by atoms with Crippen LogP contribution < -0.4 is 5.32 Å². The summed E-state index contributed by atoms with van der Waals surface area (Å²) >= 11 is 0. The zero-order valence-electron chi connectivity index (χ0n) is 8.90. The molecule has 1 N–H and O–H groups in total. The van der Waals surface area contributed by atoms with Gasteiger partial charge in [0.15, 0.2) is 6.33 Å². The van der Waals surface area contributed by atoms with E-state index in [1.165, 1.54) is 13.4 Å². The molecule has 0 spiro atoms. The van der Waals surface area contributed by atoms with Crippen LogP contribution in [0.25, 0.3) is 0 Å². The van der Waals surface area contributed by atoms with E-state index in [-0.39, 0.29) is 12.0 Å². The highest BCUT2D eigenvalue weighted by Gasteiger charge is 2.08. The number of esters is 1. The van der Waals surface area contributed by atoms with Crippen LogP contribution >= 0.6 is 0 Å². The van der Waals surface area contributed by atoms with Gasteiger partial charge in [-0.05, 0) is 6.92 Å². The van der Waals surface area contributed by atoms with E-state index in [9.17, 15) is 4.79 Å². The third kappa shape index (κ3) is 4.55. The molecule has 6 nitrogen and oxygen atoms in total. The summed E-state index contributed by atoms with van der Waals surface area (Å²) in [5.74, 6) is 0.376. The van der Waals surface area contributed by atoms with Crippen molar-refractivity contribution >= 4 is 5.97 Å². The third-order valence-electron chi connectivity index (χ3n) is 1.94. The Labute approximate surface area is 88.0 Å². The van der Waals surface area contributed by atoms with Crippen LogP contribution in [0.2, 0.25) is 0 Å². The molecule has 1 heterocycles. The molecule has 1 rings (SSSR count). The number of nitrogens with zero attached hydrogens (tertiary/aromatic N) is 2. The van der Waals surface area contributed by atoms with E-state index < -0.39 is 0 Å². The van der Waals surface area contributed by atoms with Crippen molar-refractivity contribution in [3.8, 4) is 0 Å². The van der Waals surface area contributed by atoms with Crippen LogP contribution in [0, 0.1) is 0 Å². The van der Waals surface area contributed by atoms with Crippen LogP contribution in [0.1, 0.15) is 19.2 Å². The van der Waals surface area contributed by atoms with E-state index in [0.717, 1.165) is 0 Å². The van der Waals surface area contributed by atoms with E-state index in [1.54, 1.807) is 0 Å². The number of carbonyl (C=O) groups is 1. The Morgan fingerprint density at radius 3 is 3.13 bits per heavy atom. The van der Waals surface area contributed by atoms with Gasteiger partial charge in [0.05, 0.1) is 13.5 Å². The van der Waals surface area contributed by atoms with Crippen LogP contribution in [0.4, 0.5) is 0 Å². The summed E-state index contributed by atoms with van der Waals surface area (Å²) in [6.45, 7) is 2.62. The van der Waals surface area contributed by atoms with Crippen molar-refractivity contribution in [2.45, 2.75) is 25.8 Å². The average Bonchev–Trinajstić information content (AvgIpc) is 2.70. The zero-order valence-corrected chi connectivity index (χ0v) is 8.90. The maximum atomic E-state index is 10.9. The maximum absolute atomic E-state index is 10.9. The Hall–Kier alpha value is -1.43. The Morgan fingerprint density at radius 2 is 2.53 bits per heavy atom. The molecule has 0 saturated carbocycles. The van der Waals surface area contributed by atoms with E-state index in [2.05, 4.69) is 20.2 Å². The van der Waals surface area contributed by atoms with Gasteiger partial charge < -0.3 is 14.6 Å². The molecule has 0 aliphatic rings. The molecule has 0 saturated heterocycles. The number of carbonyl (C=O) groups excluding carboxylic acids is 1. The van der Waals surface area contributed by atoms with Crippen molar-refractivity contribution in [1.29, 1.82) is 0 Å². The molecule has 0 aromatic carbocycles. The van der Waals surface area contributed by atoms with Crippen molar-refractivity contribution < 1.29 is 14.1 Å². The molecule has 1 aromatic heterocycles. The van der Waals surface area contributed by atoms with Gasteiger partial charge in [0.25, 0.3) is 0 Å². The summed E-state index contributed by atoms with van der Waals surface area (Å²) in [5.41, 5.74) is 0. The van der Waals surface area contributed by atoms with Gasteiger partial charge in [0, 0.05) is 19.0 Å². The van der Waals surface area contributed by atoms with Crippen molar-refractivity contribution in [3.05, 3.63) is 12.2 Å². The normalized spacial score (nSPS) is 12.4. The van der Waals surface area contributed by atoms with Crippen LogP contribution in [-0.4, -0.2) is 35.8 Å². The lowest BCUT2D eigenvalue weighted by Crippen LogP contribution is -2.30. The van der Waals surface area contributed by atoms with Gasteiger partial charge in [-0.2, -0.15) is 4.98 Å². The minimum atomic E-state index is -0.215. The van der Waals surface area contributed by atoms with Gasteiger partial charge >= 0.3 is 5.97 Å².